The van der Waals surface area contributed by atoms with E-state index in [2.05, 4.69) is 5.32 Å². The third kappa shape index (κ3) is 29.2. The van der Waals surface area contributed by atoms with Crippen molar-refractivity contribution < 1.29 is 140 Å². The molecule has 0 aliphatic carbocycles. The summed E-state index contributed by atoms with van der Waals surface area (Å²) in [5.41, 5.74) is 0. The Balaban J connectivity index is -0.0000000180. The molecule has 0 aromatic rings. The zero-order valence-electron chi connectivity index (χ0n) is 7.33. The third-order valence-electron chi connectivity index (χ3n) is 0.512. The van der Waals surface area contributed by atoms with Gasteiger partial charge in [-0.15, -0.1) is 0 Å². The first-order valence-electron chi connectivity index (χ1n) is 1.87. The molecule has 12 heavy (non-hydrogen) atoms. The summed E-state index contributed by atoms with van der Waals surface area (Å²) < 4.78 is 0. The Bertz CT molecular complexity index is 91.5. The van der Waals surface area contributed by atoms with E-state index in [0.717, 1.165) is 0 Å². The van der Waals surface area contributed by atoms with Gasteiger partial charge in [0, 0.05) is 138 Å². The molecule has 0 aromatic carbocycles. The fraction of sp³-hybridized carbons (Fsp3) is 0.400. The maximum absolute atomic E-state index is 10.0. The molecule has 3 nitrogen and oxygen atoms in total. The van der Waals surface area contributed by atoms with E-state index in [0.29, 0.717) is 0 Å². The molecular weight excluding hydrogens is 462 g/mol. The number of carbonyl (C=O) groups is 1. The first kappa shape index (κ1) is 36.1. The van der Waals surface area contributed by atoms with Crippen LogP contribution in [0.1, 0.15) is 6.42 Å². The summed E-state index contributed by atoms with van der Waals surface area (Å²) >= 11 is 0. The molecule has 0 aromatic heterocycles. The smallest absolute Gasteiger partial charge is 0.193 e. The third-order valence-corrected chi connectivity index (χ3v) is 0.512. The summed E-state index contributed by atoms with van der Waals surface area (Å²) in [6.07, 6.45) is 1.30. The minimum atomic E-state index is -0.296. The van der Waals surface area contributed by atoms with Crippen molar-refractivity contribution in [3.63, 3.8) is 0 Å². The van der Waals surface area contributed by atoms with Crippen molar-refractivity contribution in [1.29, 1.82) is 0 Å². The van der Waals surface area contributed by atoms with Gasteiger partial charge in [-0.25, -0.2) is 0 Å². The molecule has 1 amide bonds. The number of hydrogen-bond acceptors (Lipinski definition) is 2. The molecule has 0 saturated heterocycles. The molecule has 4 radical (unpaired) electrons. The second-order valence-electron chi connectivity index (χ2n) is 0.994. The number of carbonyl (C=O) groups excluding carboxylic acids is 2. The van der Waals surface area contributed by atoms with Crippen molar-refractivity contribution >= 4 is 12.2 Å². The Morgan fingerprint density at radius 2 is 1.58 bits per heavy atom. The predicted molar refractivity (Wildman–Crippen MR) is 30.8 cm³/mol. The van der Waals surface area contributed by atoms with Crippen molar-refractivity contribution in [3.8, 4) is 0 Å². The van der Waals surface area contributed by atoms with E-state index >= 15 is 0 Å². The molecule has 60 valence electrons. The first-order chi connectivity index (χ1) is 3.31. The topological polar surface area (TPSA) is 46.2 Å². The maximum Gasteiger partial charge on any atom is 0.193 e. The number of hydrogen-bond donors (Lipinski definition) is 1. The summed E-state index contributed by atoms with van der Waals surface area (Å²) in [5, 5.41) is 2.26. The zero-order chi connectivity index (χ0) is 5.70. The molecule has 0 spiro atoms. The van der Waals surface area contributed by atoms with Gasteiger partial charge in [-0.1, -0.05) is 6.42 Å². The molecule has 7 heteroatoms. The van der Waals surface area contributed by atoms with Crippen LogP contribution in [0.15, 0.2) is 0 Å². The first-order valence-corrected chi connectivity index (χ1v) is 1.87. The Morgan fingerprint density at radius 3 is 1.67 bits per heavy atom. The molecule has 0 heterocycles. The fourth-order valence-electron chi connectivity index (χ4n) is 0.154. The van der Waals surface area contributed by atoms with Crippen molar-refractivity contribution in [1.82, 2.24) is 5.32 Å². The van der Waals surface area contributed by atoms with Gasteiger partial charge in [0.1, 0.15) is 0 Å². The molecule has 0 rings (SSSR count). The molecule has 0 unspecified atom stereocenters. The number of amides is 1. The second-order valence-corrected chi connectivity index (χ2v) is 0.994. The van der Waals surface area contributed by atoms with E-state index in [1.54, 1.807) is 0 Å². The van der Waals surface area contributed by atoms with Gasteiger partial charge in [0.05, 0.1) is 0 Å². The molecule has 1 N–H and O–H groups in total. The van der Waals surface area contributed by atoms with E-state index in [9.17, 15) is 9.59 Å². The SMILES string of the molecule is CNC(=O)C[C-]=O.[CH3-].[Y].[Y].[Y].[Y]. The van der Waals surface area contributed by atoms with Gasteiger partial charge in [0.25, 0.3) is 0 Å². The van der Waals surface area contributed by atoms with E-state index in [-0.39, 0.29) is 151 Å². The second kappa shape index (κ2) is 29.3. The van der Waals surface area contributed by atoms with Crippen molar-refractivity contribution in [2.45, 2.75) is 6.42 Å². The molecular formula is C5H9NO2Y4-2. The van der Waals surface area contributed by atoms with Crippen LogP contribution in [-0.2, 0) is 140 Å². The molecule has 0 aliphatic heterocycles. The molecule has 0 saturated carbocycles. The van der Waals surface area contributed by atoms with E-state index < -0.39 is 0 Å². The van der Waals surface area contributed by atoms with Crippen LogP contribution in [0.2, 0.25) is 0 Å². The summed E-state index contributed by atoms with van der Waals surface area (Å²) in [6.45, 7) is 0. The standard InChI is InChI=1S/C4H6NO2.CH3.4Y/c1-5-4(7)2-3-6;;;;;/h2H2,1H3,(H,5,7);1H3;;;;/q2*-1;;;;. The zero-order valence-corrected chi connectivity index (χ0v) is 18.7. The van der Waals surface area contributed by atoms with Gasteiger partial charge in [-0.05, 0) is 0 Å². The monoisotopic (exact) mass is 471 g/mol. The largest absolute Gasteiger partial charge is 0.541 e. The minimum Gasteiger partial charge on any atom is -0.541 e. The minimum absolute atomic E-state index is 0. The molecule has 0 aliphatic rings. The van der Waals surface area contributed by atoms with Crippen molar-refractivity contribution in [2.75, 3.05) is 7.05 Å². The number of rotatable bonds is 2. The normalized spacial score (nSPS) is 4.42. The quantitative estimate of drug-likeness (QED) is 0.444. The molecule has 0 bridgehead atoms. The summed E-state index contributed by atoms with van der Waals surface area (Å²) in [7, 11) is 1.47. The van der Waals surface area contributed by atoms with Crippen LogP contribution in [0.25, 0.3) is 0 Å². The van der Waals surface area contributed by atoms with Crippen LogP contribution in [0.4, 0.5) is 0 Å². The van der Waals surface area contributed by atoms with Gasteiger partial charge < -0.3 is 17.5 Å². The summed E-state index contributed by atoms with van der Waals surface area (Å²) in [6, 6.07) is 0. The Morgan fingerprint density at radius 1 is 1.25 bits per heavy atom. The summed E-state index contributed by atoms with van der Waals surface area (Å²) in [4.78, 5) is 19.4. The molecule has 0 fully saturated rings. The Kier molecular flexibility index (Phi) is 88.1. The molecule has 0 atom stereocenters. The van der Waals surface area contributed by atoms with Crippen LogP contribution < -0.4 is 5.32 Å². The predicted octanol–water partition coefficient (Wildman–Crippen LogP) is -0.328. The van der Waals surface area contributed by atoms with Crippen LogP contribution in [0, 0.1) is 7.43 Å². The van der Waals surface area contributed by atoms with Crippen molar-refractivity contribution in [2.24, 2.45) is 0 Å². The average molecular weight is 471 g/mol. The van der Waals surface area contributed by atoms with Gasteiger partial charge in [0.2, 0.25) is 0 Å². The Labute approximate surface area is 175 Å². The van der Waals surface area contributed by atoms with Gasteiger partial charge in [0.15, 0.2) is 5.91 Å². The van der Waals surface area contributed by atoms with E-state index in [1.165, 1.54) is 13.3 Å². The number of nitrogens with one attached hydrogen (secondary N) is 1. The van der Waals surface area contributed by atoms with Crippen LogP contribution in [0.5, 0.6) is 0 Å². The van der Waals surface area contributed by atoms with E-state index in [1.807, 2.05) is 0 Å². The van der Waals surface area contributed by atoms with Gasteiger partial charge in [-0.3, -0.25) is 11.1 Å². The van der Waals surface area contributed by atoms with Gasteiger partial charge in [-0.2, -0.15) is 0 Å². The van der Waals surface area contributed by atoms with Crippen LogP contribution in [-0.4, -0.2) is 19.2 Å². The maximum atomic E-state index is 10.0. The van der Waals surface area contributed by atoms with Gasteiger partial charge >= 0.3 is 0 Å². The Hall–Kier alpha value is 3.56. The van der Waals surface area contributed by atoms with Crippen molar-refractivity contribution in [3.05, 3.63) is 7.43 Å². The summed E-state index contributed by atoms with van der Waals surface area (Å²) in [5.74, 6) is -0.296. The van der Waals surface area contributed by atoms with Crippen LogP contribution in [0.3, 0.4) is 0 Å². The van der Waals surface area contributed by atoms with Crippen LogP contribution >= 0.6 is 0 Å². The average Bonchev–Trinajstić information content (AvgIpc) is 1.68. The fourth-order valence-corrected chi connectivity index (χ4v) is 0.154. The van der Waals surface area contributed by atoms with E-state index in [4.69, 9.17) is 0 Å².